The third-order valence-electron chi connectivity index (χ3n) is 4.04. The minimum atomic E-state index is -0.377. The number of aliphatic hydroxyl groups excluding tert-OH is 1. The fourth-order valence-corrected chi connectivity index (χ4v) is 2.79. The van der Waals surface area contributed by atoms with Crippen molar-refractivity contribution in [3.05, 3.63) is 18.2 Å². The Morgan fingerprint density at radius 2 is 2.12 bits per heavy atom. The molecule has 0 bridgehead atoms. The highest BCUT2D eigenvalue weighted by atomic mass is 16.3. The van der Waals surface area contributed by atoms with Gasteiger partial charge in [0.2, 0.25) is 0 Å². The van der Waals surface area contributed by atoms with Crippen molar-refractivity contribution in [2.45, 2.75) is 45.1 Å². The van der Waals surface area contributed by atoms with Crippen molar-refractivity contribution in [3.63, 3.8) is 0 Å². The van der Waals surface area contributed by atoms with Crippen LogP contribution in [0.1, 0.15) is 51.0 Å². The van der Waals surface area contributed by atoms with Crippen molar-refractivity contribution < 1.29 is 5.11 Å². The van der Waals surface area contributed by atoms with E-state index in [1.807, 2.05) is 17.8 Å². The molecule has 1 heterocycles. The number of aromatic nitrogens is 2. The van der Waals surface area contributed by atoms with Gasteiger partial charge in [-0.3, -0.25) is 0 Å². The number of aliphatic hydroxyl groups is 1. The highest BCUT2D eigenvalue weighted by Gasteiger charge is 2.28. The van der Waals surface area contributed by atoms with Crippen LogP contribution in [0.2, 0.25) is 0 Å². The van der Waals surface area contributed by atoms with Crippen LogP contribution in [0.15, 0.2) is 12.4 Å². The number of rotatable bonds is 3. The van der Waals surface area contributed by atoms with Crippen LogP contribution in [-0.4, -0.2) is 14.7 Å². The first kappa shape index (κ1) is 11.6. The SMILES string of the molecule is CCC1CCC(C(O)c2nccn2C)CC1. The third-order valence-corrected chi connectivity index (χ3v) is 4.04. The normalized spacial score (nSPS) is 27.9. The van der Waals surface area contributed by atoms with E-state index < -0.39 is 0 Å². The molecule has 0 spiro atoms. The Bertz CT molecular complexity index is 326. The van der Waals surface area contributed by atoms with Gasteiger partial charge in [-0.2, -0.15) is 0 Å². The number of nitrogens with zero attached hydrogens (tertiary/aromatic N) is 2. The van der Waals surface area contributed by atoms with Crippen molar-refractivity contribution in [1.29, 1.82) is 0 Å². The van der Waals surface area contributed by atoms with Crippen LogP contribution in [0.5, 0.6) is 0 Å². The average Bonchev–Trinajstić information content (AvgIpc) is 2.75. The van der Waals surface area contributed by atoms with E-state index >= 15 is 0 Å². The topological polar surface area (TPSA) is 38.1 Å². The molecule has 0 aliphatic heterocycles. The van der Waals surface area contributed by atoms with Gasteiger partial charge in [0.05, 0.1) is 0 Å². The molecule has 1 atom stereocenters. The summed E-state index contributed by atoms with van der Waals surface area (Å²) < 4.78 is 1.93. The van der Waals surface area contributed by atoms with Gasteiger partial charge in [0, 0.05) is 19.4 Å². The maximum atomic E-state index is 10.3. The van der Waals surface area contributed by atoms with Gasteiger partial charge < -0.3 is 9.67 Å². The minimum Gasteiger partial charge on any atom is -0.385 e. The van der Waals surface area contributed by atoms with E-state index in [4.69, 9.17) is 0 Å². The van der Waals surface area contributed by atoms with Crippen LogP contribution in [0.25, 0.3) is 0 Å². The Balaban J connectivity index is 1.97. The molecule has 3 heteroatoms. The van der Waals surface area contributed by atoms with E-state index in [1.54, 1.807) is 6.20 Å². The lowest BCUT2D eigenvalue weighted by molar-refractivity contribution is 0.0638. The van der Waals surface area contributed by atoms with Crippen LogP contribution in [0, 0.1) is 11.8 Å². The molecular weight excluding hydrogens is 200 g/mol. The summed E-state index contributed by atoms with van der Waals surface area (Å²) in [5, 5.41) is 10.3. The molecule has 16 heavy (non-hydrogen) atoms. The second kappa shape index (κ2) is 5.00. The quantitative estimate of drug-likeness (QED) is 0.853. The van der Waals surface area contributed by atoms with Gasteiger partial charge in [0.25, 0.3) is 0 Å². The summed E-state index contributed by atoms with van der Waals surface area (Å²) in [4.78, 5) is 4.24. The number of imidazole rings is 1. The second-order valence-corrected chi connectivity index (χ2v) is 5.03. The van der Waals surface area contributed by atoms with E-state index in [9.17, 15) is 5.11 Å². The van der Waals surface area contributed by atoms with E-state index in [0.717, 1.165) is 24.6 Å². The fraction of sp³-hybridized carbons (Fsp3) is 0.769. The maximum absolute atomic E-state index is 10.3. The van der Waals surface area contributed by atoms with Crippen molar-refractivity contribution in [2.75, 3.05) is 0 Å². The summed E-state index contributed by atoms with van der Waals surface area (Å²) in [5.41, 5.74) is 0. The van der Waals surface area contributed by atoms with Gasteiger partial charge >= 0.3 is 0 Å². The molecule has 3 nitrogen and oxygen atoms in total. The molecular formula is C13H22N2O. The molecule has 1 aliphatic rings. The lowest BCUT2D eigenvalue weighted by Crippen LogP contribution is -2.22. The third kappa shape index (κ3) is 2.29. The molecule has 2 rings (SSSR count). The maximum Gasteiger partial charge on any atom is 0.137 e. The summed E-state index contributed by atoms with van der Waals surface area (Å²) in [6, 6.07) is 0. The van der Waals surface area contributed by atoms with Gasteiger partial charge in [0.1, 0.15) is 11.9 Å². The highest BCUT2D eigenvalue weighted by molar-refractivity contribution is 4.98. The molecule has 1 aromatic rings. The molecule has 1 saturated carbocycles. The van der Waals surface area contributed by atoms with E-state index in [1.165, 1.54) is 19.3 Å². The van der Waals surface area contributed by atoms with E-state index in [0.29, 0.717) is 5.92 Å². The lowest BCUT2D eigenvalue weighted by Gasteiger charge is -2.30. The summed E-state index contributed by atoms with van der Waals surface area (Å²) in [7, 11) is 1.95. The fourth-order valence-electron chi connectivity index (χ4n) is 2.79. The van der Waals surface area contributed by atoms with Crippen LogP contribution < -0.4 is 0 Å². The summed E-state index contributed by atoms with van der Waals surface area (Å²) >= 11 is 0. The molecule has 0 saturated heterocycles. The number of hydrogen-bond acceptors (Lipinski definition) is 2. The molecule has 0 amide bonds. The van der Waals surface area contributed by atoms with Crippen LogP contribution in [-0.2, 0) is 7.05 Å². The van der Waals surface area contributed by atoms with Crippen molar-refractivity contribution in [1.82, 2.24) is 9.55 Å². The standard InChI is InChI=1S/C13H22N2O/c1-3-10-4-6-11(7-5-10)12(16)13-14-8-9-15(13)2/h8-12,16H,3-7H2,1-2H3. The molecule has 1 fully saturated rings. The monoisotopic (exact) mass is 222 g/mol. The van der Waals surface area contributed by atoms with E-state index in [-0.39, 0.29) is 6.10 Å². The first-order chi connectivity index (χ1) is 7.72. The first-order valence-electron chi connectivity index (χ1n) is 6.37. The average molecular weight is 222 g/mol. The molecule has 0 radical (unpaired) electrons. The van der Waals surface area contributed by atoms with Crippen molar-refractivity contribution in [2.24, 2.45) is 18.9 Å². The van der Waals surface area contributed by atoms with E-state index in [2.05, 4.69) is 11.9 Å². The molecule has 1 N–H and O–H groups in total. The first-order valence-corrected chi connectivity index (χ1v) is 6.37. The summed E-state index contributed by atoms with van der Waals surface area (Å²) in [6.07, 6.45) is 9.39. The summed E-state index contributed by atoms with van der Waals surface area (Å²) in [6.45, 7) is 2.26. The molecule has 0 aromatic carbocycles. The molecule has 1 unspecified atom stereocenters. The Morgan fingerprint density at radius 3 is 2.62 bits per heavy atom. The van der Waals surface area contributed by atoms with Crippen LogP contribution in [0.3, 0.4) is 0 Å². The van der Waals surface area contributed by atoms with Gasteiger partial charge in [-0.05, 0) is 24.7 Å². The Hall–Kier alpha value is -0.830. The molecule has 1 aromatic heterocycles. The van der Waals surface area contributed by atoms with Crippen LogP contribution >= 0.6 is 0 Å². The number of aryl methyl sites for hydroxylation is 1. The highest BCUT2D eigenvalue weighted by Crippen LogP contribution is 2.37. The zero-order valence-electron chi connectivity index (χ0n) is 10.3. The minimum absolute atomic E-state index is 0.377. The summed E-state index contributed by atoms with van der Waals surface area (Å²) in [5.74, 6) is 2.11. The largest absolute Gasteiger partial charge is 0.385 e. The Kier molecular flexibility index (Phi) is 3.64. The van der Waals surface area contributed by atoms with Gasteiger partial charge in [-0.25, -0.2) is 4.98 Å². The zero-order chi connectivity index (χ0) is 11.5. The predicted molar refractivity (Wildman–Crippen MR) is 63.9 cm³/mol. The Morgan fingerprint density at radius 1 is 1.44 bits per heavy atom. The molecule has 1 aliphatic carbocycles. The second-order valence-electron chi connectivity index (χ2n) is 5.03. The van der Waals surface area contributed by atoms with Crippen LogP contribution in [0.4, 0.5) is 0 Å². The smallest absolute Gasteiger partial charge is 0.137 e. The zero-order valence-corrected chi connectivity index (χ0v) is 10.3. The Labute approximate surface area is 97.5 Å². The van der Waals surface area contributed by atoms with Gasteiger partial charge in [-0.1, -0.05) is 26.2 Å². The lowest BCUT2D eigenvalue weighted by atomic mass is 9.78. The van der Waals surface area contributed by atoms with Crippen molar-refractivity contribution in [3.8, 4) is 0 Å². The van der Waals surface area contributed by atoms with Gasteiger partial charge in [-0.15, -0.1) is 0 Å². The van der Waals surface area contributed by atoms with Crippen molar-refractivity contribution >= 4 is 0 Å². The van der Waals surface area contributed by atoms with Gasteiger partial charge in [0.15, 0.2) is 0 Å². The predicted octanol–water partition coefficient (Wildman–Crippen LogP) is 2.67. The number of hydrogen-bond donors (Lipinski definition) is 1. The molecule has 90 valence electrons.